The average Bonchev–Trinajstić information content (AvgIpc) is 2.25. The van der Waals surface area contributed by atoms with E-state index in [0.29, 0.717) is 12.3 Å². The van der Waals surface area contributed by atoms with Crippen molar-refractivity contribution in [2.24, 2.45) is 5.92 Å². The maximum atomic E-state index is 11.5. The Morgan fingerprint density at radius 3 is 2.56 bits per heavy atom. The molecule has 0 unspecified atom stereocenters. The van der Waals surface area contributed by atoms with Gasteiger partial charge in [0.2, 0.25) is 5.91 Å². The Kier molecular flexibility index (Phi) is 5.77. The maximum absolute atomic E-state index is 11.5. The zero-order valence-corrected chi connectivity index (χ0v) is 10.8. The zero-order valence-electron chi connectivity index (χ0n) is 10.8. The molecule has 1 saturated heterocycles. The molecule has 0 aromatic carbocycles. The second kappa shape index (κ2) is 6.86. The molecular formula is C12H25N3O. The molecule has 1 amide bonds. The summed E-state index contributed by atoms with van der Waals surface area (Å²) in [5.41, 5.74) is 0. The second-order valence-corrected chi connectivity index (χ2v) is 5.10. The van der Waals surface area contributed by atoms with Crippen molar-refractivity contribution in [2.75, 3.05) is 47.3 Å². The molecule has 1 N–H and O–H groups in total. The molecule has 1 heterocycles. The molecule has 94 valence electrons. The minimum absolute atomic E-state index is 0.188. The van der Waals surface area contributed by atoms with Crippen LogP contribution in [0.1, 0.15) is 19.3 Å². The zero-order chi connectivity index (χ0) is 12.0. The van der Waals surface area contributed by atoms with Crippen LogP contribution in [0, 0.1) is 5.92 Å². The number of nitrogens with zero attached hydrogens (tertiary/aromatic N) is 2. The number of rotatable bonds is 5. The molecule has 1 rings (SSSR count). The highest BCUT2D eigenvalue weighted by Gasteiger charge is 2.16. The molecule has 16 heavy (non-hydrogen) atoms. The summed E-state index contributed by atoms with van der Waals surface area (Å²) in [5, 5.41) is 3.04. The molecule has 0 aromatic heterocycles. The topological polar surface area (TPSA) is 35.6 Å². The number of likely N-dealkylation sites (tertiary alicyclic amines) is 1. The molecule has 1 aliphatic rings. The Morgan fingerprint density at radius 1 is 1.38 bits per heavy atom. The molecular weight excluding hydrogens is 202 g/mol. The molecule has 0 radical (unpaired) electrons. The van der Waals surface area contributed by atoms with Gasteiger partial charge in [-0.15, -0.1) is 0 Å². The molecule has 0 saturated carbocycles. The first-order chi connectivity index (χ1) is 7.58. The number of nitrogens with one attached hydrogen (secondary N) is 1. The fourth-order valence-corrected chi connectivity index (χ4v) is 1.94. The van der Waals surface area contributed by atoms with Crippen LogP contribution < -0.4 is 5.32 Å². The minimum atomic E-state index is 0.188. The van der Waals surface area contributed by atoms with Gasteiger partial charge in [-0.05, 0) is 53.0 Å². The van der Waals surface area contributed by atoms with E-state index in [1.165, 1.54) is 12.8 Å². The summed E-state index contributed by atoms with van der Waals surface area (Å²) < 4.78 is 0. The van der Waals surface area contributed by atoms with Crippen LogP contribution >= 0.6 is 0 Å². The third kappa shape index (κ3) is 5.47. The van der Waals surface area contributed by atoms with Gasteiger partial charge in [0.15, 0.2) is 0 Å². The largest absolute Gasteiger partial charge is 0.356 e. The van der Waals surface area contributed by atoms with Crippen LogP contribution in [0.25, 0.3) is 0 Å². The van der Waals surface area contributed by atoms with E-state index in [1.54, 1.807) is 0 Å². The Morgan fingerprint density at radius 2 is 2.00 bits per heavy atom. The highest BCUT2D eigenvalue weighted by molar-refractivity contribution is 5.76. The Balaban J connectivity index is 2.07. The van der Waals surface area contributed by atoms with Crippen molar-refractivity contribution in [1.82, 2.24) is 15.1 Å². The lowest BCUT2D eigenvalue weighted by atomic mass is 9.97. The van der Waals surface area contributed by atoms with Gasteiger partial charge in [-0.25, -0.2) is 0 Å². The van der Waals surface area contributed by atoms with E-state index in [0.717, 1.165) is 26.2 Å². The van der Waals surface area contributed by atoms with E-state index >= 15 is 0 Å². The van der Waals surface area contributed by atoms with Crippen LogP contribution in [0.5, 0.6) is 0 Å². The minimum Gasteiger partial charge on any atom is -0.356 e. The number of carbonyl (C=O) groups excluding carboxylic acids is 1. The third-order valence-electron chi connectivity index (χ3n) is 3.21. The number of hydrogen-bond acceptors (Lipinski definition) is 3. The van der Waals surface area contributed by atoms with Gasteiger partial charge in [-0.2, -0.15) is 0 Å². The molecule has 0 atom stereocenters. The third-order valence-corrected chi connectivity index (χ3v) is 3.21. The van der Waals surface area contributed by atoms with Crippen LogP contribution in [-0.4, -0.2) is 63.0 Å². The van der Waals surface area contributed by atoms with Gasteiger partial charge < -0.3 is 15.1 Å². The predicted octanol–water partition coefficient (Wildman–Crippen LogP) is 0.396. The predicted molar refractivity (Wildman–Crippen MR) is 66.4 cm³/mol. The van der Waals surface area contributed by atoms with Gasteiger partial charge in [0.05, 0.1) is 0 Å². The molecule has 0 aliphatic carbocycles. The van der Waals surface area contributed by atoms with Gasteiger partial charge in [0.1, 0.15) is 0 Å². The van der Waals surface area contributed by atoms with Crippen LogP contribution in [0.15, 0.2) is 0 Å². The molecule has 1 aliphatic heterocycles. The van der Waals surface area contributed by atoms with Crippen molar-refractivity contribution < 1.29 is 4.79 Å². The lowest BCUT2D eigenvalue weighted by Gasteiger charge is -2.28. The summed E-state index contributed by atoms with van der Waals surface area (Å²) in [6.45, 7) is 4.02. The van der Waals surface area contributed by atoms with Gasteiger partial charge in [-0.3, -0.25) is 4.79 Å². The van der Waals surface area contributed by atoms with Crippen LogP contribution in [-0.2, 0) is 4.79 Å². The Hall–Kier alpha value is -0.610. The second-order valence-electron chi connectivity index (χ2n) is 5.10. The number of piperidine rings is 1. The van der Waals surface area contributed by atoms with Crippen LogP contribution in [0.3, 0.4) is 0 Å². The molecule has 1 fully saturated rings. The van der Waals surface area contributed by atoms with Gasteiger partial charge >= 0.3 is 0 Å². The van der Waals surface area contributed by atoms with Crippen molar-refractivity contribution in [2.45, 2.75) is 19.3 Å². The summed E-state index contributed by atoms with van der Waals surface area (Å²) in [5.74, 6) is 0.868. The summed E-state index contributed by atoms with van der Waals surface area (Å²) in [6, 6.07) is 0. The maximum Gasteiger partial charge on any atom is 0.221 e. The highest BCUT2D eigenvalue weighted by Crippen LogP contribution is 2.14. The van der Waals surface area contributed by atoms with Crippen molar-refractivity contribution in [3.63, 3.8) is 0 Å². The summed E-state index contributed by atoms with van der Waals surface area (Å²) >= 11 is 0. The summed E-state index contributed by atoms with van der Waals surface area (Å²) in [7, 11) is 6.14. The highest BCUT2D eigenvalue weighted by atomic mass is 16.1. The first-order valence-corrected chi connectivity index (χ1v) is 6.18. The molecule has 4 nitrogen and oxygen atoms in total. The fourth-order valence-electron chi connectivity index (χ4n) is 1.94. The fraction of sp³-hybridized carbons (Fsp3) is 0.917. The van der Waals surface area contributed by atoms with Crippen molar-refractivity contribution >= 4 is 5.91 Å². The van der Waals surface area contributed by atoms with E-state index in [9.17, 15) is 4.79 Å². The number of hydrogen-bond donors (Lipinski definition) is 1. The van der Waals surface area contributed by atoms with Gasteiger partial charge in [0.25, 0.3) is 0 Å². The average molecular weight is 227 g/mol. The van der Waals surface area contributed by atoms with E-state index in [2.05, 4.69) is 17.3 Å². The number of amides is 1. The van der Waals surface area contributed by atoms with Crippen molar-refractivity contribution in [3.8, 4) is 0 Å². The SMILES string of the molecule is CN(C)CCC(=O)NCC1CCN(C)CC1. The molecule has 0 bridgehead atoms. The van der Waals surface area contributed by atoms with E-state index in [1.807, 2.05) is 19.0 Å². The standard InChI is InChI=1S/C12H25N3O/c1-14(2)7-6-12(16)13-10-11-4-8-15(3)9-5-11/h11H,4-10H2,1-3H3,(H,13,16). The monoisotopic (exact) mass is 227 g/mol. The first-order valence-electron chi connectivity index (χ1n) is 6.18. The van der Waals surface area contributed by atoms with Crippen LogP contribution in [0.2, 0.25) is 0 Å². The first kappa shape index (κ1) is 13.5. The van der Waals surface area contributed by atoms with E-state index in [4.69, 9.17) is 0 Å². The van der Waals surface area contributed by atoms with E-state index in [-0.39, 0.29) is 5.91 Å². The van der Waals surface area contributed by atoms with Gasteiger partial charge in [0, 0.05) is 19.5 Å². The number of carbonyl (C=O) groups is 1. The van der Waals surface area contributed by atoms with Gasteiger partial charge in [-0.1, -0.05) is 0 Å². The molecule has 4 heteroatoms. The lowest BCUT2D eigenvalue weighted by Crippen LogP contribution is -2.37. The van der Waals surface area contributed by atoms with Crippen molar-refractivity contribution in [1.29, 1.82) is 0 Å². The molecule has 0 aromatic rings. The Bertz CT molecular complexity index is 210. The van der Waals surface area contributed by atoms with E-state index < -0.39 is 0 Å². The normalized spacial score (nSPS) is 19.0. The summed E-state index contributed by atoms with van der Waals surface area (Å²) in [4.78, 5) is 15.9. The Labute approximate surface area is 99.0 Å². The van der Waals surface area contributed by atoms with Crippen molar-refractivity contribution in [3.05, 3.63) is 0 Å². The smallest absolute Gasteiger partial charge is 0.221 e. The lowest BCUT2D eigenvalue weighted by molar-refractivity contribution is -0.121. The summed E-state index contributed by atoms with van der Waals surface area (Å²) in [6.07, 6.45) is 3.04. The van der Waals surface area contributed by atoms with Crippen LogP contribution in [0.4, 0.5) is 0 Å². The quantitative estimate of drug-likeness (QED) is 0.738. The molecule has 0 spiro atoms.